The fourth-order valence-electron chi connectivity index (χ4n) is 1.86. The van der Waals surface area contributed by atoms with Crippen LogP contribution in [0, 0.1) is 11.6 Å². The van der Waals surface area contributed by atoms with Crippen LogP contribution in [0.5, 0.6) is 0 Å². The molecular weight excluding hydrogens is 268 g/mol. The van der Waals surface area contributed by atoms with E-state index in [9.17, 15) is 13.9 Å². The molecule has 2 nitrogen and oxygen atoms in total. The van der Waals surface area contributed by atoms with Crippen molar-refractivity contribution in [3.8, 4) is 0 Å². The van der Waals surface area contributed by atoms with Crippen LogP contribution in [0.3, 0.4) is 0 Å². The zero-order valence-corrected chi connectivity index (χ0v) is 11.3. The fraction of sp³-hybridized carbons (Fsp3) is 0.286. The number of thiophene rings is 1. The van der Waals surface area contributed by atoms with Crippen molar-refractivity contribution in [2.24, 2.45) is 0 Å². The topological polar surface area (TPSA) is 32.3 Å². The van der Waals surface area contributed by atoms with Gasteiger partial charge in [0.05, 0.1) is 11.7 Å². The second-order valence-corrected chi connectivity index (χ2v) is 5.12. The van der Waals surface area contributed by atoms with Gasteiger partial charge in [-0.15, -0.1) is 0 Å². The molecule has 0 amide bonds. The highest BCUT2D eigenvalue weighted by Gasteiger charge is 2.18. The van der Waals surface area contributed by atoms with Crippen LogP contribution in [0.1, 0.15) is 30.2 Å². The van der Waals surface area contributed by atoms with Gasteiger partial charge in [0.25, 0.3) is 0 Å². The van der Waals surface area contributed by atoms with Crippen molar-refractivity contribution in [3.05, 3.63) is 57.8 Å². The van der Waals surface area contributed by atoms with Gasteiger partial charge in [-0.2, -0.15) is 11.3 Å². The van der Waals surface area contributed by atoms with Gasteiger partial charge in [0, 0.05) is 12.6 Å². The molecule has 19 heavy (non-hydrogen) atoms. The van der Waals surface area contributed by atoms with Crippen LogP contribution >= 0.6 is 11.3 Å². The fourth-order valence-corrected chi connectivity index (χ4v) is 2.61. The number of rotatable bonds is 5. The Morgan fingerprint density at radius 2 is 1.95 bits per heavy atom. The van der Waals surface area contributed by atoms with Gasteiger partial charge in [-0.25, -0.2) is 8.78 Å². The van der Waals surface area contributed by atoms with Crippen LogP contribution in [-0.4, -0.2) is 11.7 Å². The molecule has 1 aromatic heterocycles. The number of nitrogens with one attached hydrogen (secondary N) is 1. The second-order valence-electron chi connectivity index (χ2n) is 4.34. The molecule has 2 rings (SSSR count). The largest absolute Gasteiger partial charge is 0.387 e. The lowest BCUT2D eigenvalue weighted by Crippen LogP contribution is -2.25. The van der Waals surface area contributed by atoms with Gasteiger partial charge in [0.15, 0.2) is 0 Å². The minimum atomic E-state index is -1.21. The molecule has 2 N–H and O–H groups in total. The van der Waals surface area contributed by atoms with Gasteiger partial charge in [-0.1, -0.05) is 6.07 Å². The zero-order chi connectivity index (χ0) is 13.8. The molecule has 0 aliphatic carbocycles. The molecule has 5 heteroatoms. The lowest BCUT2D eigenvalue weighted by molar-refractivity contribution is 0.161. The summed E-state index contributed by atoms with van der Waals surface area (Å²) in [7, 11) is 0. The Hall–Kier alpha value is -1.30. The van der Waals surface area contributed by atoms with Gasteiger partial charge in [-0.05, 0) is 41.4 Å². The number of aliphatic hydroxyl groups is 1. The molecule has 0 aliphatic heterocycles. The first-order valence-electron chi connectivity index (χ1n) is 5.97. The van der Waals surface area contributed by atoms with E-state index in [1.165, 1.54) is 6.07 Å². The van der Waals surface area contributed by atoms with E-state index in [1.54, 1.807) is 11.3 Å². The predicted molar refractivity (Wildman–Crippen MR) is 72.1 cm³/mol. The van der Waals surface area contributed by atoms with Crippen molar-refractivity contribution in [2.45, 2.75) is 19.1 Å². The average molecular weight is 283 g/mol. The van der Waals surface area contributed by atoms with Crippen LogP contribution in [-0.2, 0) is 0 Å². The Kier molecular flexibility index (Phi) is 4.63. The van der Waals surface area contributed by atoms with E-state index in [0.29, 0.717) is 0 Å². The van der Waals surface area contributed by atoms with Gasteiger partial charge >= 0.3 is 0 Å². The maximum absolute atomic E-state index is 13.5. The second kappa shape index (κ2) is 6.23. The van der Waals surface area contributed by atoms with Crippen molar-refractivity contribution in [3.63, 3.8) is 0 Å². The van der Waals surface area contributed by atoms with Gasteiger partial charge in [0.1, 0.15) is 11.6 Å². The number of halogens is 2. The van der Waals surface area contributed by atoms with Gasteiger partial charge in [0.2, 0.25) is 0 Å². The third kappa shape index (κ3) is 3.37. The van der Waals surface area contributed by atoms with E-state index >= 15 is 0 Å². The molecule has 0 radical (unpaired) electrons. The Labute approximate surface area is 114 Å². The summed E-state index contributed by atoms with van der Waals surface area (Å²) in [5.41, 5.74) is 0.804. The van der Waals surface area contributed by atoms with Gasteiger partial charge < -0.3 is 10.4 Å². The molecule has 0 saturated carbocycles. The third-order valence-corrected chi connectivity index (χ3v) is 3.69. The smallest absolute Gasteiger partial charge is 0.131 e. The normalized spacial score (nSPS) is 14.3. The van der Waals surface area contributed by atoms with Crippen LogP contribution in [0.4, 0.5) is 8.78 Å². The summed E-state index contributed by atoms with van der Waals surface area (Å²) in [5.74, 6) is -1.45. The first kappa shape index (κ1) is 14.1. The summed E-state index contributed by atoms with van der Waals surface area (Å²) in [6, 6.07) is 5.56. The molecule has 0 bridgehead atoms. The van der Waals surface area contributed by atoms with E-state index in [2.05, 4.69) is 5.32 Å². The number of hydrogen-bond donors (Lipinski definition) is 2. The minimum absolute atomic E-state index is 0.0238. The average Bonchev–Trinajstić information content (AvgIpc) is 2.89. The molecule has 1 aromatic carbocycles. The van der Waals surface area contributed by atoms with E-state index in [1.807, 2.05) is 23.8 Å². The molecule has 2 atom stereocenters. The Balaban J connectivity index is 2.00. The van der Waals surface area contributed by atoms with E-state index in [-0.39, 0.29) is 18.2 Å². The highest BCUT2D eigenvalue weighted by Crippen LogP contribution is 2.21. The lowest BCUT2D eigenvalue weighted by atomic mass is 10.1. The lowest BCUT2D eigenvalue weighted by Gasteiger charge is -2.17. The quantitative estimate of drug-likeness (QED) is 0.881. The summed E-state index contributed by atoms with van der Waals surface area (Å²) in [6.45, 7) is 2.03. The first-order chi connectivity index (χ1) is 9.09. The molecule has 0 fully saturated rings. The monoisotopic (exact) mass is 283 g/mol. The van der Waals surface area contributed by atoms with Crippen LogP contribution in [0.2, 0.25) is 0 Å². The maximum atomic E-state index is 13.5. The Morgan fingerprint density at radius 1 is 1.26 bits per heavy atom. The zero-order valence-electron chi connectivity index (χ0n) is 10.4. The summed E-state index contributed by atoms with van der Waals surface area (Å²) >= 11 is 1.58. The Morgan fingerprint density at radius 3 is 2.53 bits per heavy atom. The summed E-state index contributed by atoms with van der Waals surface area (Å²) in [5, 5.41) is 16.9. The Bertz CT molecular complexity index is 510. The standard InChI is InChI=1S/C14H15F2NOS/c1-9(10-5-6-19-8-10)17-7-13(18)14-11(15)3-2-4-12(14)16/h2-6,8-9,13,17-18H,7H2,1H3. The number of aliphatic hydroxyl groups excluding tert-OH is 1. The van der Waals surface area contributed by atoms with Crippen molar-refractivity contribution in [1.82, 2.24) is 5.32 Å². The summed E-state index contributed by atoms with van der Waals surface area (Å²) in [6.07, 6.45) is -1.21. The van der Waals surface area contributed by atoms with Crippen molar-refractivity contribution >= 4 is 11.3 Å². The highest BCUT2D eigenvalue weighted by molar-refractivity contribution is 7.07. The van der Waals surface area contributed by atoms with E-state index in [0.717, 1.165) is 17.7 Å². The summed E-state index contributed by atoms with van der Waals surface area (Å²) < 4.78 is 26.9. The molecule has 1 heterocycles. The van der Waals surface area contributed by atoms with Crippen molar-refractivity contribution in [2.75, 3.05) is 6.54 Å². The molecule has 0 saturated heterocycles. The van der Waals surface area contributed by atoms with Crippen molar-refractivity contribution < 1.29 is 13.9 Å². The number of benzene rings is 1. The predicted octanol–water partition coefficient (Wildman–Crippen LogP) is 3.41. The van der Waals surface area contributed by atoms with Crippen molar-refractivity contribution in [1.29, 1.82) is 0 Å². The molecule has 0 spiro atoms. The first-order valence-corrected chi connectivity index (χ1v) is 6.91. The van der Waals surface area contributed by atoms with Crippen LogP contribution in [0.25, 0.3) is 0 Å². The SMILES string of the molecule is CC(NCC(O)c1c(F)cccc1F)c1ccsc1. The minimum Gasteiger partial charge on any atom is -0.387 e. The van der Waals surface area contributed by atoms with E-state index in [4.69, 9.17) is 0 Å². The van der Waals surface area contributed by atoms with Crippen LogP contribution in [0.15, 0.2) is 35.0 Å². The van der Waals surface area contributed by atoms with Crippen LogP contribution < -0.4 is 5.32 Å². The maximum Gasteiger partial charge on any atom is 0.131 e. The third-order valence-electron chi connectivity index (χ3n) is 2.99. The highest BCUT2D eigenvalue weighted by atomic mass is 32.1. The number of hydrogen-bond acceptors (Lipinski definition) is 3. The summed E-state index contributed by atoms with van der Waals surface area (Å²) in [4.78, 5) is 0. The molecule has 2 aromatic rings. The molecule has 102 valence electrons. The molecule has 0 aliphatic rings. The van der Waals surface area contributed by atoms with Gasteiger partial charge in [-0.3, -0.25) is 0 Å². The van der Waals surface area contributed by atoms with E-state index < -0.39 is 17.7 Å². The molecule has 2 unspecified atom stereocenters. The molecular formula is C14H15F2NOS.